The Morgan fingerprint density at radius 3 is 3.00 bits per heavy atom. The molecule has 0 saturated carbocycles. The molecule has 0 aliphatic heterocycles. The minimum Gasteiger partial charge on any atom is -0.388 e. The van der Waals surface area contributed by atoms with E-state index in [0.29, 0.717) is 13.0 Å². The number of benzene rings is 1. The monoisotopic (exact) mass is 202 g/mol. The zero-order chi connectivity index (χ0) is 10.7. The summed E-state index contributed by atoms with van der Waals surface area (Å²) in [5.41, 5.74) is 6.37. The number of aromatic nitrogens is 1. The Kier molecular flexibility index (Phi) is 2.94. The van der Waals surface area contributed by atoms with E-state index in [1.807, 2.05) is 24.3 Å². The standard InChI is InChI=1S/C12H14N2O/c13-6-4-12(15)11-3-1-2-9-8-14-7-5-10(9)11/h1-3,5,7-8,12,15H,4,6,13H2. The van der Waals surface area contributed by atoms with Gasteiger partial charge in [-0.1, -0.05) is 18.2 Å². The van der Waals surface area contributed by atoms with Gasteiger partial charge in [0, 0.05) is 17.8 Å². The molecule has 3 N–H and O–H groups in total. The Morgan fingerprint density at radius 2 is 2.20 bits per heavy atom. The first kappa shape index (κ1) is 10.1. The maximum atomic E-state index is 9.92. The molecule has 0 amide bonds. The maximum absolute atomic E-state index is 9.92. The molecule has 0 saturated heterocycles. The molecule has 3 heteroatoms. The highest BCUT2D eigenvalue weighted by Crippen LogP contribution is 2.24. The molecule has 1 unspecified atom stereocenters. The molecule has 3 nitrogen and oxygen atoms in total. The summed E-state index contributed by atoms with van der Waals surface area (Å²) in [6.07, 6.45) is 3.64. The van der Waals surface area contributed by atoms with Gasteiger partial charge in [-0.3, -0.25) is 4.98 Å². The predicted molar refractivity (Wildman–Crippen MR) is 60.4 cm³/mol. The normalized spacial score (nSPS) is 12.9. The lowest BCUT2D eigenvalue weighted by atomic mass is 10.0. The van der Waals surface area contributed by atoms with E-state index >= 15 is 0 Å². The fraction of sp³-hybridized carbons (Fsp3) is 0.250. The molecule has 0 spiro atoms. The van der Waals surface area contributed by atoms with Crippen LogP contribution in [-0.2, 0) is 0 Å². The molecule has 78 valence electrons. The molecule has 0 radical (unpaired) electrons. The van der Waals surface area contributed by atoms with Crippen molar-refractivity contribution in [3.8, 4) is 0 Å². The van der Waals surface area contributed by atoms with E-state index < -0.39 is 6.10 Å². The molecule has 0 aliphatic rings. The second kappa shape index (κ2) is 4.38. The summed E-state index contributed by atoms with van der Waals surface area (Å²) >= 11 is 0. The van der Waals surface area contributed by atoms with E-state index in [9.17, 15) is 5.11 Å². The van der Waals surface area contributed by atoms with Gasteiger partial charge in [-0.05, 0) is 30.0 Å². The summed E-state index contributed by atoms with van der Waals surface area (Å²) in [6.45, 7) is 0.489. The first-order chi connectivity index (χ1) is 7.33. The predicted octanol–water partition coefficient (Wildman–Crippen LogP) is 1.62. The van der Waals surface area contributed by atoms with Crippen LogP contribution < -0.4 is 5.73 Å². The number of aliphatic hydroxyl groups excluding tert-OH is 1. The third-order valence-electron chi connectivity index (χ3n) is 2.51. The van der Waals surface area contributed by atoms with E-state index in [-0.39, 0.29) is 0 Å². The SMILES string of the molecule is NCCC(O)c1cccc2cnccc12. The van der Waals surface area contributed by atoms with Gasteiger partial charge in [-0.2, -0.15) is 0 Å². The molecule has 1 heterocycles. The van der Waals surface area contributed by atoms with E-state index in [1.54, 1.807) is 12.4 Å². The molecule has 2 aromatic rings. The van der Waals surface area contributed by atoms with Gasteiger partial charge < -0.3 is 10.8 Å². The van der Waals surface area contributed by atoms with Crippen molar-refractivity contribution in [2.24, 2.45) is 5.73 Å². The lowest BCUT2D eigenvalue weighted by Crippen LogP contribution is -2.07. The highest BCUT2D eigenvalue weighted by Gasteiger charge is 2.09. The topological polar surface area (TPSA) is 59.1 Å². The van der Waals surface area contributed by atoms with Crippen LogP contribution in [0.25, 0.3) is 10.8 Å². The van der Waals surface area contributed by atoms with Crippen molar-refractivity contribution < 1.29 is 5.11 Å². The molecule has 0 aliphatic carbocycles. The number of nitrogens with two attached hydrogens (primary N) is 1. The van der Waals surface area contributed by atoms with E-state index in [0.717, 1.165) is 16.3 Å². The van der Waals surface area contributed by atoms with Crippen molar-refractivity contribution in [1.29, 1.82) is 0 Å². The van der Waals surface area contributed by atoms with Gasteiger partial charge in [0.05, 0.1) is 6.10 Å². The Labute approximate surface area is 88.6 Å². The number of aliphatic hydroxyl groups is 1. The van der Waals surface area contributed by atoms with Crippen molar-refractivity contribution in [3.05, 3.63) is 42.2 Å². The van der Waals surface area contributed by atoms with Crippen LogP contribution in [0, 0.1) is 0 Å². The van der Waals surface area contributed by atoms with Crippen molar-refractivity contribution in [1.82, 2.24) is 4.98 Å². The molecule has 1 aromatic heterocycles. The third kappa shape index (κ3) is 1.98. The Bertz CT molecular complexity index is 451. The first-order valence-electron chi connectivity index (χ1n) is 5.03. The average molecular weight is 202 g/mol. The fourth-order valence-electron chi connectivity index (χ4n) is 1.75. The van der Waals surface area contributed by atoms with Gasteiger partial charge in [0.1, 0.15) is 0 Å². The van der Waals surface area contributed by atoms with Crippen molar-refractivity contribution >= 4 is 10.8 Å². The number of hydrogen-bond donors (Lipinski definition) is 2. The summed E-state index contributed by atoms with van der Waals surface area (Å²) in [7, 11) is 0. The number of hydrogen-bond acceptors (Lipinski definition) is 3. The smallest absolute Gasteiger partial charge is 0.0808 e. The van der Waals surface area contributed by atoms with Gasteiger partial charge in [0.2, 0.25) is 0 Å². The van der Waals surface area contributed by atoms with Crippen LogP contribution in [0.3, 0.4) is 0 Å². The van der Waals surface area contributed by atoms with Gasteiger partial charge in [-0.25, -0.2) is 0 Å². The highest BCUT2D eigenvalue weighted by molar-refractivity contribution is 5.85. The number of nitrogens with zero attached hydrogens (tertiary/aromatic N) is 1. The van der Waals surface area contributed by atoms with Crippen LogP contribution in [0.4, 0.5) is 0 Å². The molecule has 2 rings (SSSR count). The van der Waals surface area contributed by atoms with Crippen LogP contribution in [0.15, 0.2) is 36.7 Å². The molecule has 0 fully saturated rings. The van der Waals surface area contributed by atoms with Crippen LogP contribution >= 0.6 is 0 Å². The average Bonchev–Trinajstić information content (AvgIpc) is 2.28. The Balaban J connectivity index is 2.50. The summed E-state index contributed by atoms with van der Waals surface area (Å²) in [4.78, 5) is 4.05. The van der Waals surface area contributed by atoms with E-state index in [4.69, 9.17) is 5.73 Å². The molecule has 0 bridgehead atoms. The second-order valence-corrected chi connectivity index (χ2v) is 3.54. The van der Waals surface area contributed by atoms with Gasteiger partial charge in [0.25, 0.3) is 0 Å². The van der Waals surface area contributed by atoms with Crippen LogP contribution in [0.5, 0.6) is 0 Å². The largest absolute Gasteiger partial charge is 0.388 e. The summed E-state index contributed by atoms with van der Waals surface area (Å²) in [5.74, 6) is 0. The zero-order valence-corrected chi connectivity index (χ0v) is 8.43. The maximum Gasteiger partial charge on any atom is 0.0808 e. The summed E-state index contributed by atoms with van der Waals surface area (Å²) in [6, 6.07) is 7.77. The summed E-state index contributed by atoms with van der Waals surface area (Å²) in [5, 5.41) is 12.0. The van der Waals surface area contributed by atoms with Crippen LogP contribution in [0.1, 0.15) is 18.1 Å². The van der Waals surface area contributed by atoms with Gasteiger partial charge >= 0.3 is 0 Å². The van der Waals surface area contributed by atoms with Crippen molar-refractivity contribution in [3.63, 3.8) is 0 Å². The fourth-order valence-corrected chi connectivity index (χ4v) is 1.75. The highest BCUT2D eigenvalue weighted by atomic mass is 16.3. The van der Waals surface area contributed by atoms with Crippen molar-refractivity contribution in [2.45, 2.75) is 12.5 Å². The number of pyridine rings is 1. The van der Waals surface area contributed by atoms with Gasteiger partial charge in [-0.15, -0.1) is 0 Å². The zero-order valence-electron chi connectivity index (χ0n) is 8.43. The molecule has 1 aromatic carbocycles. The third-order valence-corrected chi connectivity index (χ3v) is 2.51. The minimum atomic E-state index is -0.485. The van der Waals surface area contributed by atoms with E-state index in [1.165, 1.54) is 0 Å². The van der Waals surface area contributed by atoms with Gasteiger partial charge in [0.15, 0.2) is 0 Å². The lowest BCUT2D eigenvalue weighted by molar-refractivity contribution is 0.172. The Hall–Kier alpha value is -1.45. The molecule has 1 atom stereocenters. The second-order valence-electron chi connectivity index (χ2n) is 3.54. The number of fused-ring (bicyclic) bond motifs is 1. The minimum absolute atomic E-state index is 0.485. The first-order valence-corrected chi connectivity index (χ1v) is 5.03. The molecular formula is C12H14N2O. The quantitative estimate of drug-likeness (QED) is 0.795. The lowest BCUT2D eigenvalue weighted by Gasteiger charge is -2.12. The van der Waals surface area contributed by atoms with Crippen LogP contribution in [0.2, 0.25) is 0 Å². The van der Waals surface area contributed by atoms with Crippen LogP contribution in [-0.4, -0.2) is 16.6 Å². The Morgan fingerprint density at radius 1 is 1.33 bits per heavy atom. The summed E-state index contributed by atoms with van der Waals surface area (Å²) < 4.78 is 0. The molecular weight excluding hydrogens is 188 g/mol. The van der Waals surface area contributed by atoms with Crippen molar-refractivity contribution in [2.75, 3.05) is 6.54 Å². The van der Waals surface area contributed by atoms with E-state index in [2.05, 4.69) is 4.98 Å². The molecule has 15 heavy (non-hydrogen) atoms. The number of rotatable bonds is 3.